The number of benzene rings is 1. The molecule has 1 fully saturated rings. The maximum Gasteiger partial charge on any atom is 0.203 e. The van der Waals surface area contributed by atoms with Crippen molar-refractivity contribution >= 4 is 5.69 Å². The van der Waals surface area contributed by atoms with Crippen LogP contribution >= 0.6 is 0 Å². The van der Waals surface area contributed by atoms with Gasteiger partial charge < -0.3 is 24.4 Å². The molecule has 0 spiro atoms. The molecule has 1 heterocycles. The fourth-order valence-corrected chi connectivity index (χ4v) is 5.08. The third-order valence-electron chi connectivity index (χ3n) is 6.66. The Kier molecular flexibility index (Phi) is 6.37. The van der Waals surface area contributed by atoms with E-state index < -0.39 is 0 Å². The van der Waals surface area contributed by atoms with Gasteiger partial charge in [-0.25, -0.2) is 0 Å². The summed E-state index contributed by atoms with van der Waals surface area (Å²) >= 11 is 0. The summed E-state index contributed by atoms with van der Waals surface area (Å²) in [4.78, 5) is 15.6. The van der Waals surface area contributed by atoms with Gasteiger partial charge in [-0.05, 0) is 55.0 Å². The average Bonchev–Trinajstić information content (AvgIpc) is 3.06. The van der Waals surface area contributed by atoms with Crippen LogP contribution in [0, 0.1) is 0 Å². The summed E-state index contributed by atoms with van der Waals surface area (Å²) in [5.41, 5.74) is 5.13. The van der Waals surface area contributed by atoms with Crippen molar-refractivity contribution in [2.45, 2.75) is 38.1 Å². The predicted molar refractivity (Wildman–Crippen MR) is 123 cm³/mol. The van der Waals surface area contributed by atoms with Crippen LogP contribution in [0.25, 0.3) is 11.1 Å². The summed E-state index contributed by atoms with van der Waals surface area (Å²) in [6.07, 6.45) is 5.30. The van der Waals surface area contributed by atoms with E-state index in [0.29, 0.717) is 17.2 Å². The van der Waals surface area contributed by atoms with Crippen molar-refractivity contribution in [2.24, 2.45) is 0 Å². The Bertz CT molecular complexity index is 1020. The summed E-state index contributed by atoms with van der Waals surface area (Å²) in [6, 6.07) is 8.21. The zero-order valence-corrected chi connectivity index (χ0v) is 19.0. The van der Waals surface area contributed by atoms with Crippen LogP contribution in [-0.2, 0) is 6.42 Å². The molecule has 31 heavy (non-hydrogen) atoms. The van der Waals surface area contributed by atoms with E-state index in [1.807, 2.05) is 12.1 Å². The van der Waals surface area contributed by atoms with Crippen LogP contribution in [0.4, 0.5) is 5.69 Å². The first-order valence-corrected chi connectivity index (χ1v) is 11.2. The molecule has 166 valence electrons. The van der Waals surface area contributed by atoms with Gasteiger partial charge in [0.1, 0.15) is 6.04 Å². The van der Waals surface area contributed by atoms with Crippen LogP contribution in [0.1, 0.15) is 42.9 Å². The summed E-state index contributed by atoms with van der Waals surface area (Å²) in [5.74, 6) is 1.91. The number of ether oxygens (including phenoxy) is 3. The maximum atomic E-state index is 13.3. The van der Waals surface area contributed by atoms with Gasteiger partial charge in [0.05, 0.1) is 34.1 Å². The van der Waals surface area contributed by atoms with Crippen LogP contribution in [0.15, 0.2) is 29.1 Å². The van der Waals surface area contributed by atoms with Crippen LogP contribution in [0.3, 0.4) is 0 Å². The Hall–Kier alpha value is -2.73. The molecular formula is C25H33N2O4+. The third kappa shape index (κ3) is 3.85. The lowest BCUT2D eigenvalue weighted by Gasteiger charge is -2.27. The van der Waals surface area contributed by atoms with Crippen LogP contribution in [-0.4, -0.2) is 41.5 Å². The number of aryl methyl sites for hydroxylation is 1. The molecule has 4 rings (SSSR count). The second-order valence-electron chi connectivity index (χ2n) is 8.30. The van der Waals surface area contributed by atoms with E-state index in [1.165, 1.54) is 6.42 Å². The van der Waals surface area contributed by atoms with Gasteiger partial charge in [-0.15, -0.1) is 0 Å². The third-order valence-corrected chi connectivity index (χ3v) is 6.66. The maximum absolute atomic E-state index is 13.3. The van der Waals surface area contributed by atoms with E-state index in [-0.39, 0.29) is 11.5 Å². The van der Waals surface area contributed by atoms with Crippen LogP contribution < -0.4 is 29.9 Å². The Balaban J connectivity index is 2.00. The topological polar surface area (TPSA) is 64.6 Å². The van der Waals surface area contributed by atoms with Gasteiger partial charge in [0.2, 0.25) is 11.2 Å². The van der Waals surface area contributed by atoms with Crippen molar-refractivity contribution in [3.63, 3.8) is 0 Å². The van der Waals surface area contributed by atoms with Gasteiger partial charge in [-0.3, -0.25) is 4.79 Å². The minimum absolute atomic E-state index is 0.0953. The Labute approximate surface area is 184 Å². The molecule has 1 aliphatic carbocycles. The zero-order valence-electron chi connectivity index (χ0n) is 19.0. The fraction of sp³-hybridized carbons (Fsp3) is 0.480. The van der Waals surface area contributed by atoms with Gasteiger partial charge in [-0.2, -0.15) is 0 Å². The predicted octanol–water partition coefficient (Wildman–Crippen LogP) is 2.91. The van der Waals surface area contributed by atoms with E-state index in [0.717, 1.165) is 66.7 Å². The number of fused-ring (bicyclic) bond motifs is 3. The number of nitrogens with zero attached hydrogens (tertiary/aromatic N) is 1. The molecule has 2 aliphatic rings. The molecule has 2 aromatic carbocycles. The summed E-state index contributed by atoms with van der Waals surface area (Å²) < 4.78 is 17.1. The van der Waals surface area contributed by atoms with E-state index >= 15 is 0 Å². The monoisotopic (exact) mass is 425 g/mol. The van der Waals surface area contributed by atoms with Gasteiger partial charge in [0.25, 0.3) is 0 Å². The summed E-state index contributed by atoms with van der Waals surface area (Å²) in [7, 11) is 7.01. The van der Waals surface area contributed by atoms with Crippen molar-refractivity contribution in [3.05, 3.63) is 45.6 Å². The lowest BCUT2D eigenvalue weighted by Crippen LogP contribution is -2.81. The second-order valence-corrected chi connectivity index (χ2v) is 8.30. The molecular weight excluding hydrogens is 392 g/mol. The average molecular weight is 426 g/mol. The minimum Gasteiger partial charge on any atom is -0.493 e. The molecule has 0 saturated carbocycles. The quantitative estimate of drug-likeness (QED) is 0.798. The molecule has 6 heteroatoms. The van der Waals surface area contributed by atoms with Crippen molar-refractivity contribution in [3.8, 4) is 28.4 Å². The van der Waals surface area contributed by atoms with E-state index in [2.05, 4.69) is 29.4 Å². The number of rotatable bonds is 5. The molecule has 2 aromatic rings. The van der Waals surface area contributed by atoms with Gasteiger partial charge in [0.15, 0.2) is 11.5 Å². The highest BCUT2D eigenvalue weighted by atomic mass is 16.5. The summed E-state index contributed by atoms with van der Waals surface area (Å²) in [6.45, 7) is 1.89. The molecule has 1 aliphatic heterocycles. The molecule has 6 nitrogen and oxygen atoms in total. The number of methoxy groups -OCH3 is 3. The smallest absolute Gasteiger partial charge is 0.203 e. The van der Waals surface area contributed by atoms with Crippen molar-refractivity contribution < 1.29 is 19.5 Å². The SMILES string of the molecule is C[NH2+][C@H]1CCc2cc(OC)c(OC)c(OC)c2-c2ccc(N3CCCCC3)c(=O)cc21. The minimum atomic E-state index is 0.0953. The molecule has 1 saturated heterocycles. The normalized spacial score (nSPS) is 17.9. The van der Waals surface area contributed by atoms with Crippen molar-refractivity contribution in [1.29, 1.82) is 0 Å². The van der Waals surface area contributed by atoms with E-state index in [4.69, 9.17) is 14.2 Å². The Morgan fingerprint density at radius 1 is 0.968 bits per heavy atom. The highest BCUT2D eigenvalue weighted by Crippen LogP contribution is 2.49. The molecule has 1 atom stereocenters. The van der Waals surface area contributed by atoms with E-state index in [9.17, 15) is 4.79 Å². The zero-order chi connectivity index (χ0) is 22.0. The molecule has 0 bridgehead atoms. The number of quaternary nitrogens is 1. The highest BCUT2D eigenvalue weighted by molar-refractivity contribution is 5.82. The first-order chi connectivity index (χ1) is 15.1. The van der Waals surface area contributed by atoms with Crippen LogP contribution in [0.2, 0.25) is 0 Å². The fourth-order valence-electron chi connectivity index (χ4n) is 5.08. The lowest BCUT2D eigenvalue weighted by molar-refractivity contribution is -0.670. The van der Waals surface area contributed by atoms with E-state index in [1.54, 1.807) is 21.3 Å². The molecule has 0 amide bonds. The Morgan fingerprint density at radius 2 is 1.71 bits per heavy atom. The first-order valence-electron chi connectivity index (χ1n) is 11.2. The molecule has 0 aromatic heterocycles. The molecule has 0 radical (unpaired) electrons. The number of nitrogens with two attached hydrogens (primary N) is 1. The standard InChI is InChI=1S/C25H32N2O4/c1-26-19-10-8-16-14-22(29-2)24(30-3)25(31-4)23(16)17-9-11-20(21(28)15-18(17)19)27-12-6-5-7-13-27/h9,11,14-15,19,26H,5-8,10,12-13H2,1-4H3/p+1/t19-/m0/s1. The molecule has 2 N–H and O–H groups in total. The number of hydrogen-bond donors (Lipinski definition) is 1. The number of anilines is 1. The Morgan fingerprint density at radius 3 is 2.35 bits per heavy atom. The van der Waals surface area contributed by atoms with Gasteiger partial charge in [0, 0.05) is 30.6 Å². The van der Waals surface area contributed by atoms with Crippen molar-refractivity contribution in [2.75, 3.05) is 46.4 Å². The number of hydrogen-bond acceptors (Lipinski definition) is 5. The van der Waals surface area contributed by atoms with Crippen molar-refractivity contribution in [1.82, 2.24) is 0 Å². The number of piperidine rings is 1. The lowest BCUT2D eigenvalue weighted by atomic mass is 9.95. The highest BCUT2D eigenvalue weighted by Gasteiger charge is 2.30. The largest absolute Gasteiger partial charge is 0.493 e. The van der Waals surface area contributed by atoms with Gasteiger partial charge >= 0.3 is 0 Å². The van der Waals surface area contributed by atoms with Crippen LogP contribution in [0.5, 0.6) is 17.2 Å². The molecule has 0 unspecified atom stereocenters. The first kappa shape index (κ1) is 21.5. The second kappa shape index (κ2) is 9.18. The summed E-state index contributed by atoms with van der Waals surface area (Å²) in [5, 5.41) is 2.20. The van der Waals surface area contributed by atoms with Gasteiger partial charge in [-0.1, -0.05) is 6.07 Å².